The first kappa shape index (κ1) is 18.8. The number of aliphatic imine (C=N–C) groups is 1. The molecule has 0 fully saturated rings. The van der Waals surface area contributed by atoms with Gasteiger partial charge in [0.1, 0.15) is 6.61 Å². The number of halogens is 2. The Morgan fingerprint density at radius 3 is 2.88 bits per heavy atom. The van der Waals surface area contributed by atoms with Crippen molar-refractivity contribution in [2.24, 2.45) is 10.7 Å². The highest BCUT2D eigenvalue weighted by atomic mass is 127. The van der Waals surface area contributed by atoms with E-state index in [0.717, 1.165) is 12.1 Å². The Morgan fingerprint density at radius 2 is 2.08 bits per heavy atom. The van der Waals surface area contributed by atoms with Crippen LogP contribution in [0.15, 0.2) is 41.5 Å². The summed E-state index contributed by atoms with van der Waals surface area (Å²) in [4.78, 5) is 8.30. The molecule has 128 valence electrons. The van der Waals surface area contributed by atoms with Gasteiger partial charge in [0.2, 0.25) is 5.88 Å². The van der Waals surface area contributed by atoms with Crippen LogP contribution in [0.3, 0.4) is 0 Å². The van der Waals surface area contributed by atoms with Gasteiger partial charge in [-0.15, -0.1) is 24.0 Å². The summed E-state index contributed by atoms with van der Waals surface area (Å²) in [6.07, 6.45) is 5.10. The van der Waals surface area contributed by atoms with Crippen molar-refractivity contribution >= 4 is 47.2 Å². The average Bonchev–Trinajstić information content (AvgIpc) is 3.01. The third-order valence-corrected chi connectivity index (χ3v) is 3.92. The standard InChI is InChI=1S/C17H19ClN4O.HI/c18-14-5-7-16(21-11-14)23-9-8-20-17(19)22-15-6-4-12-2-1-3-13(12)10-15;/h4-7,10-11H,1-3,8-9H2,(H3,19,20,22);1H. The van der Waals surface area contributed by atoms with E-state index in [4.69, 9.17) is 22.1 Å². The number of ether oxygens (including phenoxy) is 1. The Bertz CT molecular complexity index is 706. The predicted octanol–water partition coefficient (Wildman–Crippen LogP) is 3.65. The number of aromatic nitrogens is 1. The molecule has 5 nitrogen and oxygen atoms in total. The summed E-state index contributed by atoms with van der Waals surface area (Å²) >= 11 is 5.76. The number of benzene rings is 1. The van der Waals surface area contributed by atoms with Gasteiger partial charge in [-0.1, -0.05) is 17.7 Å². The van der Waals surface area contributed by atoms with E-state index in [1.165, 1.54) is 24.0 Å². The number of rotatable bonds is 5. The molecular weight excluding hydrogens is 439 g/mol. The molecule has 0 amide bonds. The molecule has 0 atom stereocenters. The minimum Gasteiger partial charge on any atom is -0.476 e. The van der Waals surface area contributed by atoms with Crippen molar-refractivity contribution in [2.45, 2.75) is 19.3 Å². The lowest BCUT2D eigenvalue weighted by atomic mass is 10.1. The van der Waals surface area contributed by atoms with Crippen molar-refractivity contribution in [3.05, 3.63) is 52.7 Å². The number of nitrogens with two attached hydrogens (primary N) is 1. The van der Waals surface area contributed by atoms with Crippen molar-refractivity contribution < 1.29 is 4.74 Å². The fraction of sp³-hybridized carbons (Fsp3) is 0.294. The first-order valence-electron chi connectivity index (χ1n) is 7.64. The number of pyridine rings is 1. The van der Waals surface area contributed by atoms with E-state index in [9.17, 15) is 0 Å². The van der Waals surface area contributed by atoms with Crippen LogP contribution in [0.1, 0.15) is 17.5 Å². The normalized spacial score (nSPS) is 13.1. The number of aryl methyl sites for hydroxylation is 2. The van der Waals surface area contributed by atoms with Gasteiger partial charge in [-0.2, -0.15) is 0 Å². The Balaban J connectivity index is 0.00000208. The molecule has 7 heteroatoms. The minimum atomic E-state index is 0. The Hall–Kier alpha value is -1.54. The highest BCUT2D eigenvalue weighted by Crippen LogP contribution is 2.24. The van der Waals surface area contributed by atoms with Crippen molar-refractivity contribution in [1.82, 2.24) is 4.98 Å². The van der Waals surface area contributed by atoms with Crippen LogP contribution in [-0.2, 0) is 12.8 Å². The van der Waals surface area contributed by atoms with Crippen LogP contribution in [0.5, 0.6) is 5.88 Å². The molecule has 1 aliphatic carbocycles. The molecule has 0 saturated carbocycles. The maximum atomic E-state index is 5.90. The van der Waals surface area contributed by atoms with Crippen LogP contribution in [0.4, 0.5) is 5.69 Å². The molecule has 0 saturated heterocycles. The highest BCUT2D eigenvalue weighted by molar-refractivity contribution is 14.0. The highest BCUT2D eigenvalue weighted by Gasteiger charge is 2.10. The summed E-state index contributed by atoms with van der Waals surface area (Å²) in [5.74, 6) is 0.908. The molecule has 24 heavy (non-hydrogen) atoms. The molecule has 0 bridgehead atoms. The van der Waals surface area contributed by atoms with E-state index in [1.807, 2.05) is 6.07 Å². The third kappa shape index (κ3) is 5.24. The first-order valence-corrected chi connectivity index (χ1v) is 8.01. The van der Waals surface area contributed by atoms with Crippen LogP contribution in [-0.4, -0.2) is 24.1 Å². The van der Waals surface area contributed by atoms with Crippen LogP contribution < -0.4 is 15.8 Å². The second kappa shape index (κ2) is 9.08. The molecule has 1 aromatic heterocycles. The second-order valence-electron chi connectivity index (χ2n) is 5.39. The fourth-order valence-electron chi connectivity index (χ4n) is 2.60. The predicted molar refractivity (Wildman–Crippen MR) is 109 cm³/mol. The molecule has 1 aromatic carbocycles. The second-order valence-corrected chi connectivity index (χ2v) is 5.83. The zero-order valence-electron chi connectivity index (χ0n) is 13.2. The molecule has 0 spiro atoms. The van der Waals surface area contributed by atoms with Crippen molar-refractivity contribution in [2.75, 3.05) is 18.5 Å². The summed E-state index contributed by atoms with van der Waals surface area (Å²) in [7, 11) is 0. The smallest absolute Gasteiger partial charge is 0.213 e. The summed E-state index contributed by atoms with van der Waals surface area (Å²) in [5.41, 5.74) is 9.72. The molecule has 0 unspecified atom stereocenters. The summed E-state index contributed by atoms with van der Waals surface area (Å²) < 4.78 is 5.46. The zero-order chi connectivity index (χ0) is 16.1. The Kier molecular flexibility index (Phi) is 7.11. The lowest BCUT2D eigenvalue weighted by molar-refractivity contribution is 0.316. The van der Waals surface area contributed by atoms with Gasteiger partial charge in [0.15, 0.2) is 5.96 Å². The maximum absolute atomic E-state index is 5.90. The average molecular weight is 459 g/mol. The van der Waals surface area contributed by atoms with Gasteiger partial charge in [0.05, 0.1) is 11.6 Å². The number of guanidine groups is 1. The quantitative estimate of drug-likeness (QED) is 0.310. The Morgan fingerprint density at radius 1 is 1.25 bits per heavy atom. The van der Waals surface area contributed by atoms with Gasteiger partial charge >= 0.3 is 0 Å². The number of fused-ring (bicyclic) bond motifs is 1. The minimum absolute atomic E-state index is 0. The topological polar surface area (TPSA) is 72.5 Å². The van der Waals surface area contributed by atoms with E-state index in [-0.39, 0.29) is 24.0 Å². The Labute approximate surface area is 163 Å². The zero-order valence-corrected chi connectivity index (χ0v) is 16.3. The largest absolute Gasteiger partial charge is 0.476 e. The molecule has 3 rings (SSSR count). The fourth-order valence-corrected chi connectivity index (χ4v) is 2.71. The van der Waals surface area contributed by atoms with Gasteiger partial charge < -0.3 is 15.8 Å². The number of nitrogens with zero attached hydrogens (tertiary/aromatic N) is 2. The van der Waals surface area contributed by atoms with E-state index in [2.05, 4.69) is 27.4 Å². The van der Waals surface area contributed by atoms with Crippen LogP contribution in [0.2, 0.25) is 5.02 Å². The number of hydrogen-bond donors (Lipinski definition) is 2. The monoisotopic (exact) mass is 458 g/mol. The lowest BCUT2D eigenvalue weighted by Crippen LogP contribution is -2.23. The summed E-state index contributed by atoms with van der Waals surface area (Å²) in [6, 6.07) is 9.81. The lowest BCUT2D eigenvalue weighted by Gasteiger charge is -2.08. The molecule has 2 aromatic rings. The SMILES string of the molecule is I.NC(=NCCOc1ccc(Cl)cn1)Nc1ccc2c(c1)CCC2. The van der Waals surface area contributed by atoms with Gasteiger partial charge in [-0.25, -0.2) is 9.98 Å². The van der Waals surface area contributed by atoms with E-state index < -0.39 is 0 Å². The van der Waals surface area contributed by atoms with Gasteiger partial charge in [0.25, 0.3) is 0 Å². The number of anilines is 1. The van der Waals surface area contributed by atoms with Gasteiger partial charge in [-0.05, 0) is 48.6 Å². The molecule has 1 heterocycles. The number of nitrogens with one attached hydrogen (secondary N) is 1. The molecule has 0 aliphatic heterocycles. The van der Waals surface area contributed by atoms with Crippen molar-refractivity contribution in [3.63, 3.8) is 0 Å². The maximum Gasteiger partial charge on any atom is 0.213 e. The molecule has 3 N–H and O–H groups in total. The van der Waals surface area contributed by atoms with Crippen molar-refractivity contribution in [3.8, 4) is 5.88 Å². The van der Waals surface area contributed by atoms with Crippen LogP contribution in [0, 0.1) is 0 Å². The van der Waals surface area contributed by atoms with Crippen molar-refractivity contribution in [1.29, 1.82) is 0 Å². The third-order valence-electron chi connectivity index (χ3n) is 3.69. The summed E-state index contributed by atoms with van der Waals surface area (Å²) in [6.45, 7) is 0.856. The molecular formula is C17H20ClIN4O. The van der Waals surface area contributed by atoms with Crippen LogP contribution >= 0.6 is 35.6 Å². The van der Waals surface area contributed by atoms with Crippen LogP contribution in [0.25, 0.3) is 0 Å². The van der Waals surface area contributed by atoms with Gasteiger partial charge in [-0.3, -0.25) is 0 Å². The number of hydrogen-bond acceptors (Lipinski definition) is 3. The molecule has 0 radical (unpaired) electrons. The van der Waals surface area contributed by atoms with E-state index in [0.29, 0.717) is 30.0 Å². The molecule has 1 aliphatic rings. The first-order chi connectivity index (χ1) is 11.2. The van der Waals surface area contributed by atoms with Gasteiger partial charge in [0, 0.05) is 18.0 Å². The van der Waals surface area contributed by atoms with E-state index in [1.54, 1.807) is 18.3 Å². The van der Waals surface area contributed by atoms with E-state index >= 15 is 0 Å². The summed E-state index contributed by atoms with van der Waals surface area (Å²) in [5, 5.41) is 3.70.